The number of benzene rings is 2. The summed E-state index contributed by atoms with van der Waals surface area (Å²) in [5.41, 5.74) is 0.449. The first kappa shape index (κ1) is 22.3. The maximum absolute atomic E-state index is 13.6. The Labute approximate surface area is 192 Å². The van der Waals surface area contributed by atoms with Crippen molar-refractivity contribution in [2.75, 3.05) is 12.4 Å². The second-order valence-corrected chi connectivity index (χ2v) is 9.76. The van der Waals surface area contributed by atoms with E-state index in [-0.39, 0.29) is 16.7 Å². The molecule has 2 aromatic rings. The smallest absolute Gasteiger partial charge is 0.365 e. The number of methoxy groups -OCH3 is 1. The molecule has 2 saturated carbocycles. The van der Waals surface area contributed by atoms with Crippen molar-refractivity contribution < 1.29 is 19.2 Å². The SMILES string of the molecule is COc1cccc(NC(=O)C23CCC(C)(/C(=N\OC(=O)c4ccc(Cl)cc4)C2)C3(C)C)c1. The number of anilines is 1. The Morgan fingerprint density at radius 3 is 2.47 bits per heavy atom. The van der Waals surface area contributed by atoms with Crippen LogP contribution < -0.4 is 10.1 Å². The van der Waals surface area contributed by atoms with Crippen LogP contribution >= 0.6 is 11.6 Å². The predicted molar refractivity (Wildman–Crippen MR) is 124 cm³/mol. The minimum atomic E-state index is -0.643. The molecule has 2 fully saturated rings. The van der Waals surface area contributed by atoms with Crippen molar-refractivity contribution in [3.05, 3.63) is 59.1 Å². The van der Waals surface area contributed by atoms with Crippen molar-refractivity contribution in [1.29, 1.82) is 0 Å². The summed E-state index contributed by atoms with van der Waals surface area (Å²) in [4.78, 5) is 31.3. The summed E-state index contributed by atoms with van der Waals surface area (Å²) >= 11 is 5.88. The Bertz CT molecular complexity index is 1100. The molecule has 1 amide bonds. The second kappa shape index (κ2) is 7.93. The normalized spacial score (nSPS) is 26.7. The molecule has 2 bridgehead atoms. The van der Waals surface area contributed by atoms with E-state index < -0.39 is 11.4 Å². The molecule has 0 heterocycles. The highest BCUT2D eigenvalue weighted by Gasteiger charge is 2.71. The second-order valence-electron chi connectivity index (χ2n) is 9.33. The monoisotopic (exact) mass is 454 g/mol. The summed E-state index contributed by atoms with van der Waals surface area (Å²) < 4.78 is 5.27. The van der Waals surface area contributed by atoms with Gasteiger partial charge in [0.05, 0.1) is 23.8 Å². The molecule has 2 aliphatic rings. The molecule has 6 nitrogen and oxygen atoms in total. The molecule has 32 heavy (non-hydrogen) atoms. The predicted octanol–water partition coefficient (Wildman–Crippen LogP) is 5.72. The van der Waals surface area contributed by atoms with Gasteiger partial charge >= 0.3 is 5.97 Å². The number of hydrogen-bond acceptors (Lipinski definition) is 5. The van der Waals surface area contributed by atoms with Crippen molar-refractivity contribution >= 4 is 34.9 Å². The fourth-order valence-corrected chi connectivity index (χ4v) is 5.34. The highest BCUT2D eigenvalue weighted by Crippen LogP contribution is 2.71. The first-order valence-corrected chi connectivity index (χ1v) is 11.0. The number of oxime groups is 1. The summed E-state index contributed by atoms with van der Waals surface area (Å²) in [6.07, 6.45) is 1.99. The standard InChI is InChI=1S/C25H27ClN2O4/c1-23(2)24(3)12-13-25(23,22(30)27-18-6-5-7-19(14-18)31-4)15-20(24)28-32-21(29)16-8-10-17(26)11-9-16/h5-11,14H,12-13,15H2,1-4H3,(H,27,30)/b28-20-. The summed E-state index contributed by atoms with van der Waals surface area (Å²) in [7, 11) is 1.59. The quantitative estimate of drug-likeness (QED) is 0.463. The van der Waals surface area contributed by atoms with Crippen LogP contribution in [0.1, 0.15) is 50.4 Å². The Morgan fingerprint density at radius 2 is 1.78 bits per heavy atom. The molecule has 2 aliphatic carbocycles. The van der Waals surface area contributed by atoms with Crippen LogP contribution in [0.15, 0.2) is 53.7 Å². The molecule has 0 spiro atoms. The van der Waals surface area contributed by atoms with Crippen molar-refractivity contribution in [3.8, 4) is 5.75 Å². The highest BCUT2D eigenvalue weighted by molar-refractivity contribution is 6.30. The number of nitrogens with zero attached hydrogens (tertiary/aromatic N) is 1. The lowest BCUT2D eigenvalue weighted by atomic mass is 9.64. The summed E-state index contributed by atoms with van der Waals surface area (Å²) in [5, 5.41) is 7.88. The first-order chi connectivity index (χ1) is 15.1. The van der Waals surface area contributed by atoms with Crippen molar-refractivity contribution in [1.82, 2.24) is 0 Å². The number of nitrogens with one attached hydrogen (secondary N) is 1. The fourth-order valence-electron chi connectivity index (χ4n) is 5.21. The molecule has 2 unspecified atom stereocenters. The average Bonchev–Trinajstić information content (AvgIpc) is 3.08. The molecule has 1 N–H and O–H groups in total. The zero-order chi connectivity index (χ0) is 23.1. The first-order valence-electron chi connectivity index (χ1n) is 10.6. The van der Waals surface area contributed by atoms with Gasteiger partial charge in [-0.25, -0.2) is 4.79 Å². The van der Waals surface area contributed by atoms with E-state index in [1.165, 1.54) is 0 Å². The third kappa shape index (κ3) is 3.37. The van der Waals surface area contributed by atoms with Gasteiger partial charge in [0.15, 0.2) is 0 Å². The van der Waals surface area contributed by atoms with Crippen LogP contribution in [-0.2, 0) is 9.63 Å². The number of carbonyl (C=O) groups is 2. The number of hydrogen-bond donors (Lipinski definition) is 1. The molecule has 0 radical (unpaired) electrons. The Morgan fingerprint density at radius 1 is 1.06 bits per heavy atom. The van der Waals surface area contributed by atoms with Crippen LogP contribution in [0.3, 0.4) is 0 Å². The fraction of sp³-hybridized carbons (Fsp3) is 0.400. The van der Waals surface area contributed by atoms with Gasteiger partial charge in [0.1, 0.15) is 5.75 Å². The highest BCUT2D eigenvalue weighted by atomic mass is 35.5. The van der Waals surface area contributed by atoms with E-state index in [4.69, 9.17) is 21.2 Å². The van der Waals surface area contributed by atoms with Gasteiger partial charge in [-0.05, 0) is 54.7 Å². The molecular formula is C25H27ClN2O4. The van der Waals surface area contributed by atoms with E-state index in [2.05, 4.69) is 31.2 Å². The van der Waals surface area contributed by atoms with E-state index in [9.17, 15) is 9.59 Å². The Kier molecular flexibility index (Phi) is 5.53. The molecule has 0 aliphatic heterocycles. The molecular weight excluding hydrogens is 428 g/mol. The van der Waals surface area contributed by atoms with Gasteiger partial charge in [0, 0.05) is 28.6 Å². The third-order valence-electron chi connectivity index (χ3n) is 7.81. The van der Waals surface area contributed by atoms with Gasteiger partial charge in [-0.15, -0.1) is 0 Å². The van der Waals surface area contributed by atoms with E-state index >= 15 is 0 Å². The van der Waals surface area contributed by atoms with Crippen LogP contribution in [0.25, 0.3) is 0 Å². The van der Waals surface area contributed by atoms with Crippen LogP contribution in [0.2, 0.25) is 5.02 Å². The van der Waals surface area contributed by atoms with Crippen molar-refractivity contribution in [3.63, 3.8) is 0 Å². The molecule has 7 heteroatoms. The lowest BCUT2D eigenvalue weighted by Crippen LogP contribution is -2.43. The topological polar surface area (TPSA) is 77.0 Å². The van der Waals surface area contributed by atoms with Crippen molar-refractivity contribution in [2.45, 2.75) is 40.0 Å². The van der Waals surface area contributed by atoms with E-state index in [0.29, 0.717) is 28.4 Å². The maximum Gasteiger partial charge on any atom is 0.365 e. The van der Waals surface area contributed by atoms with Crippen LogP contribution in [0.4, 0.5) is 5.69 Å². The maximum atomic E-state index is 13.6. The molecule has 0 saturated heterocycles. The van der Waals surface area contributed by atoms with E-state index in [1.54, 1.807) is 37.4 Å². The lowest BCUT2D eigenvalue weighted by Gasteiger charge is -2.39. The Hall–Kier alpha value is -2.86. The van der Waals surface area contributed by atoms with Crippen LogP contribution in [-0.4, -0.2) is 24.7 Å². The number of ether oxygens (including phenoxy) is 1. The lowest BCUT2D eigenvalue weighted by molar-refractivity contribution is -0.130. The Balaban J connectivity index is 1.57. The van der Waals surface area contributed by atoms with E-state index in [0.717, 1.165) is 18.6 Å². The number of amides is 1. The van der Waals surface area contributed by atoms with Gasteiger partial charge < -0.3 is 14.9 Å². The number of fused-ring (bicyclic) bond motifs is 2. The minimum Gasteiger partial charge on any atom is -0.497 e. The molecule has 2 atom stereocenters. The third-order valence-corrected chi connectivity index (χ3v) is 8.07. The zero-order valence-corrected chi connectivity index (χ0v) is 19.5. The van der Waals surface area contributed by atoms with Gasteiger partial charge in [0.25, 0.3) is 0 Å². The van der Waals surface area contributed by atoms with Crippen molar-refractivity contribution in [2.24, 2.45) is 21.4 Å². The summed E-state index contributed by atoms with van der Waals surface area (Å²) in [5.74, 6) is 0.0838. The molecule has 4 rings (SSSR count). The molecule has 168 valence electrons. The van der Waals surface area contributed by atoms with Gasteiger partial charge in [-0.2, -0.15) is 0 Å². The van der Waals surface area contributed by atoms with Crippen LogP contribution in [0, 0.1) is 16.2 Å². The van der Waals surface area contributed by atoms with Gasteiger partial charge in [0.2, 0.25) is 5.91 Å². The van der Waals surface area contributed by atoms with Gasteiger partial charge in [-0.1, -0.05) is 43.6 Å². The van der Waals surface area contributed by atoms with Crippen LogP contribution in [0.5, 0.6) is 5.75 Å². The number of halogens is 1. The number of rotatable bonds is 5. The zero-order valence-electron chi connectivity index (χ0n) is 18.7. The summed E-state index contributed by atoms with van der Waals surface area (Å²) in [6, 6.07) is 13.8. The average molecular weight is 455 g/mol. The van der Waals surface area contributed by atoms with Gasteiger partial charge in [-0.3, -0.25) is 4.79 Å². The minimum absolute atomic E-state index is 0.0475. The largest absolute Gasteiger partial charge is 0.497 e. The molecule has 2 aromatic carbocycles. The summed E-state index contributed by atoms with van der Waals surface area (Å²) in [6.45, 7) is 6.32. The number of carbonyl (C=O) groups excluding carboxylic acids is 2. The van der Waals surface area contributed by atoms with E-state index in [1.807, 2.05) is 18.2 Å². The molecule has 0 aromatic heterocycles.